The van der Waals surface area contributed by atoms with Gasteiger partial charge in [0.05, 0.1) is 36.6 Å². The number of hydrazone groups is 1. The summed E-state index contributed by atoms with van der Waals surface area (Å²) in [6, 6.07) is 9.99. The van der Waals surface area contributed by atoms with E-state index in [-0.39, 0.29) is 23.8 Å². The maximum Gasteiger partial charge on any atom is 0.410 e. The van der Waals surface area contributed by atoms with Crippen molar-refractivity contribution in [3.8, 4) is 0 Å². The third-order valence-corrected chi connectivity index (χ3v) is 5.28. The highest BCUT2D eigenvalue weighted by molar-refractivity contribution is 6.29. The van der Waals surface area contributed by atoms with Crippen LogP contribution in [0.1, 0.15) is 29.8 Å². The lowest BCUT2D eigenvalue weighted by Crippen LogP contribution is -2.46. The number of hydrogen-bond donors (Lipinski definition) is 1. The molecular weight excluding hydrogens is 408 g/mol. The van der Waals surface area contributed by atoms with E-state index in [1.807, 2.05) is 31.2 Å². The van der Waals surface area contributed by atoms with Gasteiger partial charge in [0.2, 0.25) is 0 Å². The molecule has 0 saturated carbocycles. The molecular formula is C20H21ClN6O3. The zero-order chi connectivity index (χ0) is 21.3. The van der Waals surface area contributed by atoms with E-state index in [2.05, 4.69) is 20.6 Å². The SMILES string of the molecule is Cc1ccc(C2=NN(C(=O)N[C@H](C)c3ccc(Cl)nn3)C[C@H]2N2CCOC2=O)cc1. The number of aryl methyl sites for hydroxylation is 1. The molecule has 1 N–H and O–H groups in total. The van der Waals surface area contributed by atoms with Gasteiger partial charge in [-0.05, 0) is 31.5 Å². The van der Waals surface area contributed by atoms with Crippen LogP contribution in [0.25, 0.3) is 0 Å². The fourth-order valence-electron chi connectivity index (χ4n) is 3.42. The molecule has 10 heteroatoms. The van der Waals surface area contributed by atoms with E-state index >= 15 is 0 Å². The van der Waals surface area contributed by atoms with Crippen LogP contribution >= 0.6 is 11.6 Å². The van der Waals surface area contributed by atoms with Gasteiger partial charge in [0, 0.05) is 0 Å². The minimum Gasteiger partial charge on any atom is -0.448 e. The number of nitrogens with zero attached hydrogens (tertiary/aromatic N) is 5. The predicted molar refractivity (Wildman–Crippen MR) is 110 cm³/mol. The normalized spacial score (nSPS) is 19.5. The molecule has 0 unspecified atom stereocenters. The van der Waals surface area contributed by atoms with Crippen molar-refractivity contribution in [2.75, 3.05) is 19.7 Å². The van der Waals surface area contributed by atoms with Crippen molar-refractivity contribution >= 4 is 29.4 Å². The highest BCUT2D eigenvalue weighted by Gasteiger charge is 2.40. The van der Waals surface area contributed by atoms with Crippen molar-refractivity contribution in [1.82, 2.24) is 25.4 Å². The maximum absolute atomic E-state index is 12.9. The van der Waals surface area contributed by atoms with E-state index in [0.29, 0.717) is 24.6 Å². The van der Waals surface area contributed by atoms with Crippen molar-refractivity contribution in [2.24, 2.45) is 5.10 Å². The van der Waals surface area contributed by atoms with E-state index in [1.54, 1.807) is 24.0 Å². The lowest BCUT2D eigenvalue weighted by atomic mass is 10.0. The number of carbonyl (C=O) groups is 2. The number of ether oxygens (including phenoxy) is 1. The number of urea groups is 1. The Morgan fingerprint density at radius 3 is 2.63 bits per heavy atom. The van der Waals surface area contributed by atoms with Gasteiger partial charge in [-0.25, -0.2) is 14.6 Å². The topological polar surface area (TPSA) is 100 Å². The van der Waals surface area contributed by atoms with Crippen LogP contribution in [0.3, 0.4) is 0 Å². The number of halogens is 1. The molecule has 2 aliphatic heterocycles. The first-order valence-corrected chi connectivity index (χ1v) is 9.96. The maximum atomic E-state index is 12.9. The molecule has 0 aliphatic carbocycles. The zero-order valence-corrected chi connectivity index (χ0v) is 17.3. The van der Waals surface area contributed by atoms with Crippen molar-refractivity contribution < 1.29 is 14.3 Å². The van der Waals surface area contributed by atoms with Crippen LogP contribution in [0.4, 0.5) is 9.59 Å². The average molecular weight is 429 g/mol. The molecule has 0 bridgehead atoms. The van der Waals surface area contributed by atoms with Crippen LogP contribution in [0.15, 0.2) is 41.5 Å². The Labute approximate surface area is 178 Å². The molecule has 0 radical (unpaired) electrons. The molecule has 156 valence electrons. The molecule has 1 fully saturated rings. The van der Waals surface area contributed by atoms with Gasteiger partial charge in [0.15, 0.2) is 5.15 Å². The van der Waals surface area contributed by atoms with Gasteiger partial charge in [-0.1, -0.05) is 41.4 Å². The lowest BCUT2D eigenvalue weighted by Gasteiger charge is -2.23. The van der Waals surface area contributed by atoms with Crippen LogP contribution in [-0.4, -0.2) is 63.7 Å². The monoisotopic (exact) mass is 428 g/mol. The molecule has 3 heterocycles. The minimum atomic E-state index is -0.396. The second-order valence-corrected chi connectivity index (χ2v) is 7.60. The summed E-state index contributed by atoms with van der Waals surface area (Å²) in [6.45, 7) is 4.82. The molecule has 1 aromatic heterocycles. The van der Waals surface area contributed by atoms with Crippen molar-refractivity contribution in [1.29, 1.82) is 0 Å². The van der Waals surface area contributed by atoms with Crippen molar-refractivity contribution in [2.45, 2.75) is 25.9 Å². The summed E-state index contributed by atoms with van der Waals surface area (Å²) in [7, 11) is 0. The van der Waals surface area contributed by atoms with Crippen LogP contribution < -0.4 is 5.32 Å². The van der Waals surface area contributed by atoms with Gasteiger partial charge in [-0.2, -0.15) is 10.2 Å². The van der Waals surface area contributed by atoms with Crippen LogP contribution in [0, 0.1) is 6.92 Å². The van der Waals surface area contributed by atoms with Gasteiger partial charge >= 0.3 is 12.1 Å². The van der Waals surface area contributed by atoms with Crippen molar-refractivity contribution in [3.63, 3.8) is 0 Å². The first-order valence-electron chi connectivity index (χ1n) is 9.58. The van der Waals surface area contributed by atoms with E-state index < -0.39 is 12.1 Å². The molecule has 2 aliphatic rings. The summed E-state index contributed by atoms with van der Waals surface area (Å²) in [5.74, 6) is 0. The lowest BCUT2D eigenvalue weighted by molar-refractivity contribution is 0.150. The quantitative estimate of drug-likeness (QED) is 0.807. The summed E-state index contributed by atoms with van der Waals surface area (Å²) >= 11 is 5.77. The third kappa shape index (κ3) is 4.06. The fourth-order valence-corrected chi connectivity index (χ4v) is 3.52. The molecule has 2 aromatic rings. The molecule has 1 aromatic carbocycles. The summed E-state index contributed by atoms with van der Waals surface area (Å²) < 4.78 is 5.10. The van der Waals surface area contributed by atoms with E-state index in [0.717, 1.165) is 11.1 Å². The van der Waals surface area contributed by atoms with Gasteiger partial charge < -0.3 is 10.1 Å². The van der Waals surface area contributed by atoms with Crippen LogP contribution in [0.2, 0.25) is 5.15 Å². The Bertz CT molecular complexity index is 979. The Balaban J connectivity index is 1.55. The molecule has 1 saturated heterocycles. The van der Waals surface area contributed by atoms with E-state index in [4.69, 9.17) is 16.3 Å². The highest BCUT2D eigenvalue weighted by Crippen LogP contribution is 2.23. The highest BCUT2D eigenvalue weighted by atomic mass is 35.5. The molecule has 2 atom stereocenters. The average Bonchev–Trinajstić information content (AvgIpc) is 3.35. The Hall–Kier alpha value is -3.20. The van der Waals surface area contributed by atoms with Crippen LogP contribution in [0.5, 0.6) is 0 Å². The molecule has 4 rings (SSSR count). The smallest absolute Gasteiger partial charge is 0.410 e. The van der Waals surface area contributed by atoms with E-state index in [9.17, 15) is 9.59 Å². The standard InChI is InChI=1S/C20H21ClN6O3/c1-12-3-5-14(6-4-12)18-16(26-9-10-30-20(26)29)11-27(25-18)19(28)22-13(2)15-7-8-17(21)24-23-15/h3-8,13,16H,9-11H2,1-2H3,(H,22,28)/t13-,16-/m1/s1. The third-order valence-electron chi connectivity index (χ3n) is 5.08. The molecule has 0 spiro atoms. The largest absolute Gasteiger partial charge is 0.448 e. The number of benzene rings is 1. The summed E-state index contributed by atoms with van der Waals surface area (Å²) in [6.07, 6.45) is -0.396. The molecule has 3 amide bonds. The molecule has 9 nitrogen and oxygen atoms in total. The number of rotatable bonds is 4. The number of carbonyl (C=O) groups excluding carboxylic acids is 2. The first-order chi connectivity index (χ1) is 14.4. The number of nitrogens with one attached hydrogen (secondary N) is 1. The predicted octanol–water partition coefficient (Wildman–Crippen LogP) is 2.75. The van der Waals surface area contributed by atoms with Gasteiger partial charge in [-0.15, -0.1) is 5.10 Å². The molecule has 30 heavy (non-hydrogen) atoms. The number of cyclic esters (lactones) is 1. The Morgan fingerprint density at radius 1 is 1.23 bits per heavy atom. The van der Waals surface area contributed by atoms with Crippen molar-refractivity contribution in [3.05, 3.63) is 58.4 Å². The zero-order valence-electron chi connectivity index (χ0n) is 16.6. The first kappa shape index (κ1) is 20.1. The number of hydrogen-bond acceptors (Lipinski definition) is 6. The minimum absolute atomic E-state index is 0.239. The number of aromatic nitrogens is 2. The van der Waals surface area contributed by atoms with Gasteiger partial charge in [0.1, 0.15) is 6.61 Å². The summed E-state index contributed by atoms with van der Waals surface area (Å²) in [5.41, 5.74) is 3.21. The van der Waals surface area contributed by atoms with Gasteiger partial charge in [-0.3, -0.25) is 4.90 Å². The summed E-state index contributed by atoms with van der Waals surface area (Å²) in [4.78, 5) is 26.6. The second kappa shape index (κ2) is 8.27. The second-order valence-electron chi connectivity index (χ2n) is 7.21. The Morgan fingerprint density at radius 2 is 2.00 bits per heavy atom. The van der Waals surface area contributed by atoms with Gasteiger partial charge in [0.25, 0.3) is 0 Å². The Kier molecular flexibility index (Phi) is 5.54. The fraction of sp³-hybridized carbons (Fsp3) is 0.350. The summed E-state index contributed by atoms with van der Waals surface area (Å²) in [5, 5.41) is 16.8. The van der Waals surface area contributed by atoms with Crippen LogP contribution in [-0.2, 0) is 4.74 Å². The number of amides is 3. The van der Waals surface area contributed by atoms with E-state index in [1.165, 1.54) is 5.01 Å².